The van der Waals surface area contributed by atoms with Crippen LogP contribution in [0, 0.1) is 18.6 Å². The minimum absolute atomic E-state index is 0.158. The average Bonchev–Trinajstić information content (AvgIpc) is 3.16. The zero-order valence-electron chi connectivity index (χ0n) is 19.5. The molecule has 0 atom stereocenters. The van der Waals surface area contributed by atoms with Gasteiger partial charge in [0.2, 0.25) is 5.95 Å². The summed E-state index contributed by atoms with van der Waals surface area (Å²) in [5, 5.41) is 14.0. The molecule has 35 heavy (non-hydrogen) atoms. The Hall–Kier alpha value is -3.57. The Morgan fingerprint density at radius 2 is 1.69 bits per heavy atom. The number of nitrogens with zero attached hydrogens (tertiary/aromatic N) is 7. The maximum atomic E-state index is 13.5. The van der Waals surface area contributed by atoms with Crippen LogP contribution in [0.25, 0.3) is 11.9 Å². The molecule has 0 bridgehead atoms. The van der Waals surface area contributed by atoms with Crippen molar-refractivity contribution < 1.29 is 13.9 Å². The van der Waals surface area contributed by atoms with E-state index in [-0.39, 0.29) is 12.1 Å². The molecule has 0 aliphatic carbocycles. The van der Waals surface area contributed by atoms with Gasteiger partial charge in [-0.1, -0.05) is 12.2 Å². The lowest BCUT2D eigenvalue weighted by Crippen LogP contribution is -2.51. The third-order valence-corrected chi connectivity index (χ3v) is 6.41. The largest absolute Gasteiger partial charge is 0.389 e. The van der Waals surface area contributed by atoms with Crippen molar-refractivity contribution in [2.24, 2.45) is 0 Å². The van der Waals surface area contributed by atoms with Crippen molar-refractivity contribution >= 4 is 23.5 Å². The summed E-state index contributed by atoms with van der Waals surface area (Å²) in [6, 6.07) is 5.46. The van der Waals surface area contributed by atoms with Crippen LogP contribution in [0.2, 0.25) is 0 Å². The van der Waals surface area contributed by atoms with E-state index in [0.29, 0.717) is 43.5 Å². The van der Waals surface area contributed by atoms with Crippen molar-refractivity contribution in [2.75, 3.05) is 61.3 Å². The number of anilines is 3. The topological polar surface area (TPSA) is 99.6 Å². The molecular weight excluding hydrogens is 454 g/mol. The van der Waals surface area contributed by atoms with E-state index in [0.717, 1.165) is 37.0 Å². The number of aromatic nitrogens is 4. The van der Waals surface area contributed by atoms with Crippen molar-refractivity contribution in [3.05, 3.63) is 59.4 Å². The van der Waals surface area contributed by atoms with Gasteiger partial charge >= 0.3 is 0 Å². The van der Waals surface area contributed by atoms with Crippen molar-refractivity contribution in [3.63, 3.8) is 0 Å². The van der Waals surface area contributed by atoms with Gasteiger partial charge in [-0.2, -0.15) is 15.1 Å². The maximum Gasteiger partial charge on any atom is 0.224 e. The highest BCUT2D eigenvalue weighted by atomic mass is 19.1. The quantitative estimate of drug-likeness (QED) is 0.549. The summed E-state index contributed by atoms with van der Waals surface area (Å²) in [4.78, 5) is 14.8. The minimum Gasteiger partial charge on any atom is -0.389 e. The van der Waals surface area contributed by atoms with Gasteiger partial charge in [-0.05, 0) is 19.1 Å². The van der Waals surface area contributed by atoms with Crippen LogP contribution in [0.15, 0.2) is 36.5 Å². The number of piperazine rings is 1. The summed E-state index contributed by atoms with van der Waals surface area (Å²) in [5.41, 5.74) is 8.39. The monoisotopic (exact) mass is 482 g/mol. The number of rotatable bonds is 6. The molecule has 0 saturated carbocycles. The second-order valence-corrected chi connectivity index (χ2v) is 8.92. The van der Waals surface area contributed by atoms with Crippen LogP contribution in [0.3, 0.4) is 0 Å². The Labute approximate surface area is 202 Å². The van der Waals surface area contributed by atoms with E-state index in [4.69, 9.17) is 5.73 Å². The van der Waals surface area contributed by atoms with E-state index in [1.807, 2.05) is 28.9 Å². The molecule has 0 spiro atoms. The van der Waals surface area contributed by atoms with Gasteiger partial charge < -0.3 is 20.6 Å². The highest BCUT2D eigenvalue weighted by Gasteiger charge is 2.26. The molecule has 0 amide bonds. The number of nitrogen functional groups attached to an aromatic ring is 1. The molecule has 3 aromatic rings. The standard InChI is InChI=1S/C24H28F2N8O/c1-16-17(13-28-34(16)23-12-22(29-24(27)30-23)33-14-21(35)15-33)3-2-4-31-5-7-32(8-6-31)20-10-18(25)9-19(26)11-20/h2-3,9-13,21,35H,4-8,14-15H2,1H3,(H2,27,29,30). The summed E-state index contributed by atoms with van der Waals surface area (Å²) < 4.78 is 28.8. The molecule has 0 unspecified atom stereocenters. The van der Waals surface area contributed by atoms with Gasteiger partial charge in [-0.3, -0.25) is 4.90 Å². The van der Waals surface area contributed by atoms with E-state index in [1.54, 1.807) is 10.9 Å². The SMILES string of the molecule is Cc1c(C=CCN2CCN(c3cc(F)cc(F)c3)CC2)cnn1-c1cc(N2CC(O)C2)nc(N)n1. The number of benzene rings is 1. The van der Waals surface area contributed by atoms with Gasteiger partial charge in [0.25, 0.3) is 0 Å². The maximum absolute atomic E-state index is 13.5. The lowest BCUT2D eigenvalue weighted by Gasteiger charge is -2.36. The van der Waals surface area contributed by atoms with Crippen LogP contribution < -0.4 is 15.5 Å². The molecule has 2 aliphatic heterocycles. The second kappa shape index (κ2) is 9.59. The zero-order valence-corrected chi connectivity index (χ0v) is 19.5. The third kappa shape index (κ3) is 5.10. The van der Waals surface area contributed by atoms with Crippen LogP contribution in [0.5, 0.6) is 0 Å². The van der Waals surface area contributed by atoms with Gasteiger partial charge in [-0.25, -0.2) is 13.5 Å². The van der Waals surface area contributed by atoms with Crippen molar-refractivity contribution in [2.45, 2.75) is 13.0 Å². The number of nitrogens with two attached hydrogens (primary N) is 1. The first-order valence-electron chi connectivity index (χ1n) is 11.6. The summed E-state index contributed by atoms with van der Waals surface area (Å²) >= 11 is 0. The predicted octanol–water partition coefficient (Wildman–Crippen LogP) is 1.85. The molecule has 0 radical (unpaired) electrons. The smallest absolute Gasteiger partial charge is 0.224 e. The Morgan fingerprint density at radius 1 is 1.00 bits per heavy atom. The third-order valence-electron chi connectivity index (χ3n) is 6.41. The number of aliphatic hydroxyl groups is 1. The number of aliphatic hydroxyl groups excluding tert-OH is 1. The molecule has 9 nitrogen and oxygen atoms in total. The summed E-state index contributed by atoms with van der Waals surface area (Å²) in [7, 11) is 0. The highest BCUT2D eigenvalue weighted by Crippen LogP contribution is 2.23. The molecular formula is C24H28F2N8O. The summed E-state index contributed by atoms with van der Waals surface area (Å²) in [6.45, 7) is 6.79. The summed E-state index contributed by atoms with van der Waals surface area (Å²) in [6.07, 6.45) is 5.57. The summed E-state index contributed by atoms with van der Waals surface area (Å²) in [5.74, 6) is 0.301. The van der Waals surface area contributed by atoms with Gasteiger partial charge in [0, 0.05) is 69.2 Å². The first-order chi connectivity index (χ1) is 16.9. The van der Waals surface area contributed by atoms with Gasteiger partial charge in [-0.15, -0.1) is 0 Å². The fraction of sp³-hybridized carbons (Fsp3) is 0.375. The van der Waals surface area contributed by atoms with Crippen LogP contribution >= 0.6 is 0 Å². The number of hydrogen-bond acceptors (Lipinski definition) is 8. The number of β-amino-alcohol motifs (C(OH)–C–C–N with tert-alkyl or cyclic N) is 1. The molecule has 1 aromatic carbocycles. The molecule has 3 N–H and O–H groups in total. The van der Waals surface area contributed by atoms with E-state index < -0.39 is 11.6 Å². The highest BCUT2D eigenvalue weighted by molar-refractivity contribution is 5.55. The molecule has 4 heterocycles. The molecule has 2 aliphatic rings. The van der Waals surface area contributed by atoms with Crippen LogP contribution in [0.4, 0.5) is 26.2 Å². The second-order valence-electron chi connectivity index (χ2n) is 8.92. The van der Waals surface area contributed by atoms with E-state index in [1.165, 1.54) is 12.1 Å². The Balaban J connectivity index is 1.20. The normalized spacial score (nSPS) is 17.4. The molecule has 184 valence electrons. The van der Waals surface area contributed by atoms with Crippen molar-refractivity contribution in [1.29, 1.82) is 0 Å². The van der Waals surface area contributed by atoms with Gasteiger partial charge in [0.1, 0.15) is 17.5 Å². The van der Waals surface area contributed by atoms with Crippen molar-refractivity contribution in [3.8, 4) is 5.82 Å². The van der Waals surface area contributed by atoms with E-state index >= 15 is 0 Å². The lowest BCUT2D eigenvalue weighted by molar-refractivity contribution is 0.141. The Morgan fingerprint density at radius 3 is 2.37 bits per heavy atom. The van der Waals surface area contributed by atoms with Gasteiger partial charge in [0.15, 0.2) is 5.82 Å². The predicted molar refractivity (Wildman–Crippen MR) is 131 cm³/mol. The van der Waals surface area contributed by atoms with Crippen LogP contribution in [-0.2, 0) is 0 Å². The molecule has 2 aromatic heterocycles. The first-order valence-corrected chi connectivity index (χ1v) is 11.6. The van der Waals surface area contributed by atoms with Crippen molar-refractivity contribution in [1.82, 2.24) is 24.6 Å². The van der Waals surface area contributed by atoms with Crippen LogP contribution in [0.1, 0.15) is 11.3 Å². The number of halogens is 2. The lowest BCUT2D eigenvalue weighted by atomic mass is 10.2. The first kappa shape index (κ1) is 23.2. The van der Waals surface area contributed by atoms with Crippen LogP contribution in [-0.4, -0.2) is 81.7 Å². The fourth-order valence-electron chi connectivity index (χ4n) is 4.41. The Kier molecular flexibility index (Phi) is 6.35. The average molecular weight is 483 g/mol. The van der Waals surface area contributed by atoms with E-state index in [9.17, 15) is 13.9 Å². The van der Waals surface area contributed by atoms with Gasteiger partial charge in [0.05, 0.1) is 18.0 Å². The molecule has 2 saturated heterocycles. The number of hydrogen-bond donors (Lipinski definition) is 2. The minimum atomic E-state index is -0.554. The Bertz CT molecular complexity index is 1210. The fourth-order valence-corrected chi connectivity index (χ4v) is 4.41. The van der Waals surface area contributed by atoms with E-state index in [2.05, 4.69) is 26.0 Å². The molecule has 5 rings (SSSR count). The molecule has 11 heteroatoms. The molecule has 2 fully saturated rings. The zero-order chi connectivity index (χ0) is 24.5.